The molecule has 0 spiro atoms. The molecule has 134 valence electrons. The van der Waals surface area contributed by atoms with Gasteiger partial charge in [-0.3, -0.25) is 0 Å². The maximum atomic E-state index is 2.47. The summed E-state index contributed by atoms with van der Waals surface area (Å²) in [5.41, 5.74) is 0. The molecule has 0 N–H and O–H groups in total. The summed E-state index contributed by atoms with van der Waals surface area (Å²) in [5.74, 6) is 4.62. The van der Waals surface area contributed by atoms with Crippen molar-refractivity contribution in [3.63, 3.8) is 0 Å². The van der Waals surface area contributed by atoms with Crippen LogP contribution in [0.4, 0.5) is 0 Å². The number of hydrogen-bond acceptors (Lipinski definition) is 0. The molecule has 0 heterocycles. The van der Waals surface area contributed by atoms with Crippen LogP contribution < -0.4 is 0 Å². The molecular formula is C22H46. The summed E-state index contributed by atoms with van der Waals surface area (Å²) < 4.78 is 0. The fourth-order valence-electron chi connectivity index (χ4n) is 3.73. The van der Waals surface area contributed by atoms with Gasteiger partial charge in [-0.15, -0.1) is 0 Å². The minimum absolute atomic E-state index is 0.910. The van der Waals surface area contributed by atoms with Gasteiger partial charge in [0.25, 0.3) is 0 Å². The molecular weight excluding hydrogens is 264 g/mol. The van der Waals surface area contributed by atoms with Crippen LogP contribution in [0.5, 0.6) is 0 Å². The van der Waals surface area contributed by atoms with Crippen molar-refractivity contribution >= 4 is 0 Å². The lowest BCUT2D eigenvalue weighted by Crippen LogP contribution is -2.08. The third kappa shape index (κ3) is 12.5. The minimum atomic E-state index is 0.910. The molecule has 0 aliphatic heterocycles. The topological polar surface area (TPSA) is 0 Å². The average Bonchev–Trinajstić information content (AvgIpc) is 2.46. The minimum Gasteiger partial charge on any atom is -0.0651 e. The van der Waals surface area contributed by atoms with E-state index in [4.69, 9.17) is 0 Å². The molecule has 0 heteroatoms. The van der Waals surface area contributed by atoms with Gasteiger partial charge in [-0.05, 0) is 42.4 Å². The van der Waals surface area contributed by atoms with Crippen LogP contribution in [0.2, 0.25) is 0 Å². The normalized spacial score (nSPS) is 18.7. The molecule has 0 aromatic carbocycles. The van der Waals surface area contributed by atoms with Crippen molar-refractivity contribution < 1.29 is 0 Å². The zero-order valence-electron chi connectivity index (χ0n) is 17.0. The Bertz CT molecular complexity index is 232. The highest BCUT2D eigenvalue weighted by molar-refractivity contribution is 4.64. The van der Waals surface area contributed by atoms with Gasteiger partial charge in [-0.1, -0.05) is 99.8 Å². The third-order valence-electron chi connectivity index (χ3n) is 5.79. The largest absolute Gasteiger partial charge is 0.0651 e. The van der Waals surface area contributed by atoms with E-state index < -0.39 is 0 Å². The van der Waals surface area contributed by atoms with E-state index in [9.17, 15) is 0 Å². The van der Waals surface area contributed by atoms with Gasteiger partial charge >= 0.3 is 0 Å². The Morgan fingerprint density at radius 2 is 0.864 bits per heavy atom. The Morgan fingerprint density at radius 3 is 1.36 bits per heavy atom. The van der Waals surface area contributed by atoms with Crippen molar-refractivity contribution in [2.75, 3.05) is 0 Å². The van der Waals surface area contributed by atoms with E-state index >= 15 is 0 Å². The van der Waals surface area contributed by atoms with Gasteiger partial charge in [0.15, 0.2) is 0 Å². The van der Waals surface area contributed by atoms with Crippen LogP contribution in [0.25, 0.3) is 0 Å². The summed E-state index contributed by atoms with van der Waals surface area (Å²) in [6.07, 6.45) is 14.2. The zero-order valence-corrected chi connectivity index (χ0v) is 17.0. The first-order valence-corrected chi connectivity index (χ1v) is 10.4. The van der Waals surface area contributed by atoms with Crippen molar-refractivity contribution in [2.45, 2.75) is 113 Å². The highest BCUT2D eigenvalue weighted by atomic mass is 14.2. The second kappa shape index (κ2) is 13.4. The standard InChI is InChI=1S/C22H46/c1-8-18(3)12-10-13-20(5)14-11-15-21(6)17-22(7)16-19(4)9-2/h18-22H,8-17H2,1-7H3. The fraction of sp³-hybridized carbons (Fsp3) is 1.00. The SMILES string of the molecule is CCC(C)CCCC(C)CCCC(C)CC(C)CC(C)CC. The first kappa shape index (κ1) is 22.0. The van der Waals surface area contributed by atoms with Crippen molar-refractivity contribution in [2.24, 2.45) is 29.6 Å². The Kier molecular flexibility index (Phi) is 13.4. The van der Waals surface area contributed by atoms with Crippen LogP contribution in [0.15, 0.2) is 0 Å². The summed E-state index contributed by atoms with van der Waals surface area (Å²) in [7, 11) is 0. The van der Waals surface area contributed by atoms with E-state index in [0.717, 1.165) is 29.6 Å². The van der Waals surface area contributed by atoms with E-state index in [2.05, 4.69) is 48.5 Å². The summed E-state index contributed by atoms with van der Waals surface area (Å²) in [5, 5.41) is 0. The molecule has 0 saturated heterocycles. The van der Waals surface area contributed by atoms with E-state index in [1.54, 1.807) is 0 Å². The lowest BCUT2D eigenvalue weighted by molar-refractivity contribution is 0.317. The van der Waals surface area contributed by atoms with E-state index in [0.29, 0.717) is 0 Å². The van der Waals surface area contributed by atoms with Crippen molar-refractivity contribution in [1.29, 1.82) is 0 Å². The molecule has 0 nitrogen and oxygen atoms in total. The highest BCUT2D eigenvalue weighted by Gasteiger charge is 2.12. The maximum Gasteiger partial charge on any atom is -0.0438 e. The van der Waals surface area contributed by atoms with Crippen LogP contribution in [-0.2, 0) is 0 Å². The molecule has 0 radical (unpaired) electrons. The summed E-state index contributed by atoms with van der Waals surface area (Å²) >= 11 is 0. The highest BCUT2D eigenvalue weighted by Crippen LogP contribution is 2.25. The zero-order chi connectivity index (χ0) is 17.0. The molecule has 0 bridgehead atoms. The quantitative estimate of drug-likeness (QED) is 0.304. The van der Waals surface area contributed by atoms with E-state index in [1.165, 1.54) is 64.2 Å². The molecule has 5 unspecified atom stereocenters. The molecule has 0 fully saturated rings. The van der Waals surface area contributed by atoms with Crippen molar-refractivity contribution in [3.05, 3.63) is 0 Å². The summed E-state index contributed by atoms with van der Waals surface area (Å²) in [6, 6.07) is 0. The van der Waals surface area contributed by atoms with Crippen LogP contribution in [0.3, 0.4) is 0 Å². The van der Waals surface area contributed by atoms with E-state index in [-0.39, 0.29) is 0 Å². The second-order valence-electron chi connectivity index (χ2n) is 8.68. The predicted octanol–water partition coefficient (Wildman–Crippen LogP) is 8.11. The van der Waals surface area contributed by atoms with Crippen LogP contribution in [0.1, 0.15) is 113 Å². The fourth-order valence-corrected chi connectivity index (χ4v) is 3.73. The van der Waals surface area contributed by atoms with Crippen molar-refractivity contribution in [3.8, 4) is 0 Å². The third-order valence-corrected chi connectivity index (χ3v) is 5.79. The lowest BCUT2D eigenvalue weighted by Gasteiger charge is -2.20. The second-order valence-corrected chi connectivity index (χ2v) is 8.68. The average molecular weight is 311 g/mol. The van der Waals surface area contributed by atoms with Gasteiger partial charge in [-0.2, -0.15) is 0 Å². The molecule has 0 aromatic heterocycles. The van der Waals surface area contributed by atoms with Gasteiger partial charge in [0, 0.05) is 0 Å². The molecule has 0 rings (SSSR count). The van der Waals surface area contributed by atoms with Gasteiger partial charge < -0.3 is 0 Å². The number of hydrogen-bond donors (Lipinski definition) is 0. The van der Waals surface area contributed by atoms with Crippen LogP contribution >= 0.6 is 0 Å². The van der Waals surface area contributed by atoms with Crippen molar-refractivity contribution in [1.82, 2.24) is 0 Å². The Morgan fingerprint density at radius 1 is 0.455 bits per heavy atom. The maximum absolute atomic E-state index is 2.47. The molecule has 0 aromatic rings. The smallest absolute Gasteiger partial charge is 0.0438 e. The molecule has 0 aliphatic carbocycles. The van der Waals surface area contributed by atoms with Gasteiger partial charge in [0.05, 0.1) is 0 Å². The van der Waals surface area contributed by atoms with Crippen LogP contribution in [0, 0.1) is 29.6 Å². The summed E-state index contributed by atoms with van der Waals surface area (Å²) in [4.78, 5) is 0. The molecule has 0 amide bonds. The Hall–Kier alpha value is 0. The van der Waals surface area contributed by atoms with Gasteiger partial charge in [0.2, 0.25) is 0 Å². The van der Waals surface area contributed by atoms with E-state index in [1.807, 2.05) is 0 Å². The number of rotatable bonds is 14. The van der Waals surface area contributed by atoms with Gasteiger partial charge in [-0.25, -0.2) is 0 Å². The molecule has 0 saturated carbocycles. The molecule has 5 atom stereocenters. The predicted molar refractivity (Wildman–Crippen MR) is 103 cm³/mol. The monoisotopic (exact) mass is 310 g/mol. The Labute approximate surface area is 142 Å². The van der Waals surface area contributed by atoms with Gasteiger partial charge in [0.1, 0.15) is 0 Å². The summed E-state index contributed by atoms with van der Waals surface area (Å²) in [6.45, 7) is 16.8. The lowest BCUT2D eigenvalue weighted by atomic mass is 9.86. The first-order chi connectivity index (χ1) is 10.4. The molecule has 0 aliphatic rings. The van der Waals surface area contributed by atoms with Crippen LogP contribution in [-0.4, -0.2) is 0 Å². The Balaban J connectivity index is 3.63. The first-order valence-electron chi connectivity index (χ1n) is 10.4. The molecule has 22 heavy (non-hydrogen) atoms.